The zero-order valence-electron chi connectivity index (χ0n) is 8.66. The SMILES string of the molecule is Cc1cccc2c1CC(c1ccco1)=C2. The average Bonchev–Trinajstić information content (AvgIpc) is 2.86. The minimum absolute atomic E-state index is 0.991. The Balaban J connectivity index is 2.06. The van der Waals surface area contributed by atoms with Crippen LogP contribution in [0.15, 0.2) is 41.0 Å². The first-order valence-electron chi connectivity index (χ1n) is 5.17. The van der Waals surface area contributed by atoms with E-state index in [1.165, 1.54) is 22.3 Å². The van der Waals surface area contributed by atoms with Crippen LogP contribution < -0.4 is 0 Å². The molecule has 0 saturated heterocycles. The van der Waals surface area contributed by atoms with E-state index in [2.05, 4.69) is 31.2 Å². The molecule has 0 fully saturated rings. The standard InChI is InChI=1S/C14H12O/c1-10-4-2-5-11-8-12(9-13(10)11)14-6-3-7-15-14/h2-8H,9H2,1H3. The van der Waals surface area contributed by atoms with Crippen LogP contribution in [0.4, 0.5) is 0 Å². The summed E-state index contributed by atoms with van der Waals surface area (Å²) >= 11 is 0. The molecule has 1 heterocycles. The summed E-state index contributed by atoms with van der Waals surface area (Å²) in [6.45, 7) is 2.16. The molecule has 74 valence electrons. The highest BCUT2D eigenvalue weighted by molar-refractivity contribution is 5.87. The highest BCUT2D eigenvalue weighted by Gasteiger charge is 2.16. The smallest absolute Gasteiger partial charge is 0.130 e. The van der Waals surface area contributed by atoms with E-state index in [0.29, 0.717) is 0 Å². The monoisotopic (exact) mass is 196 g/mol. The summed E-state index contributed by atoms with van der Waals surface area (Å²) in [6.07, 6.45) is 4.95. The number of aryl methyl sites for hydroxylation is 1. The Morgan fingerprint density at radius 1 is 1.13 bits per heavy atom. The van der Waals surface area contributed by atoms with Crippen LogP contribution >= 0.6 is 0 Å². The molecular weight excluding hydrogens is 184 g/mol. The molecular formula is C14H12O. The third kappa shape index (κ3) is 1.32. The van der Waals surface area contributed by atoms with Crippen molar-refractivity contribution in [3.63, 3.8) is 0 Å². The van der Waals surface area contributed by atoms with Gasteiger partial charge in [-0.1, -0.05) is 18.2 Å². The summed E-state index contributed by atoms with van der Waals surface area (Å²) in [6, 6.07) is 10.4. The quantitative estimate of drug-likeness (QED) is 0.678. The van der Waals surface area contributed by atoms with Crippen molar-refractivity contribution < 1.29 is 4.42 Å². The lowest BCUT2D eigenvalue weighted by atomic mass is 10.0. The molecule has 0 bridgehead atoms. The van der Waals surface area contributed by atoms with E-state index in [1.807, 2.05) is 12.1 Å². The fourth-order valence-corrected chi connectivity index (χ4v) is 2.15. The van der Waals surface area contributed by atoms with Gasteiger partial charge >= 0.3 is 0 Å². The zero-order chi connectivity index (χ0) is 10.3. The van der Waals surface area contributed by atoms with E-state index in [9.17, 15) is 0 Å². The second-order valence-electron chi connectivity index (χ2n) is 3.97. The van der Waals surface area contributed by atoms with Gasteiger partial charge in [0.15, 0.2) is 0 Å². The van der Waals surface area contributed by atoms with Crippen LogP contribution in [0, 0.1) is 6.92 Å². The number of hydrogen-bond acceptors (Lipinski definition) is 1. The van der Waals surface area contributed by atoms with Gasteiger partial charge in [-0.05, 0) is 47.4 Å². The molecule has 1 aromatic carbocycles. The lowest BCUT2D eigenvalue weighted by molar-refractivity contribution is 0.552. The summed E-state index contributed by atoms with van der Waals surface area (Å²) in [4.78, 5) is 0. The first kappa shape index (κ1) is 8.54. The highest BCUT2D eigenvalue weighted by Crippen LogP contribution is 2.33. The molecule has 0 unspecified atom stereocenters. The highest BCUT2D eigenvalue weighted by atomic mass is 16.3. The van der Waals surface area contributed by atoms with Gasteiger partial charge in [-0.2, -0.15) is 0 Å². The van der Waals surface area contributed by atoms with E-state index in [-0.39, 0.29) is 0 Å². The van der Waals surface area contributed by atoms with E-state index >= 15 is 0 Å². The fourth-order valence-electron chi connectivity index (χ4n) is 2.15. The number of benzene rings is 1. The first-order valence-corrected chi connectivity index (χ1v) is 5.17. The summed E-state index contributed by atoms with van der Waals surface area (Å²) in [5.74, 6) is 0.991. The Morgan fingerprint density at radius 2 is 2.07 bits per heavy atom. The first-order chi connectivity index (χ1) is 7.34. The van der Waals surface area contributed by atoms with Crippen molar-refractivity contribution in [2.75, 3.05) is 0 Å². The van der Waals surface area contributed by atoms with Gasteiger partial charge in [0.1, 0.15) is 5.76 Å². The third-order valence-corrected chi connectivity index (χ3v) is 2.98. The molecule has 0 aliphatic heterocycles. The van der Waals surface area contributed by atoms with Gasteiger partial charge in [-0.3, -0.25) is 0 Å². The predicted molar refractivity (Wildman–Crippen MR) is 61.5 cm³/mol. The molecule has 1 aliphatic rings. The van der Waals surface area contributed by atoms with Gasteiger partial charge in [0.2, 0.25) is 0 Å². The van der Waals surface area contributed by atoms with Crippen molar-refractivity contribution in [3.8, 4) is 0 Å². The Morgan fingerprint density at radius 3 is 2.80 bits per heavy atom. The van der Waals surface area contributed by atoms with Gasteiger partial charge in [-0.25, -0.2) is 0 Å². The molecule has 2 aromatic rings. The van der Waals surface area contributed by atoms with Gasteiger partial charge in [0.05, 0.1) is 6.26 Å². The van der Waals surface area contributed by atoms with E-state index in [4.69, 9.17) is 4.42 Å². The van der Waals surface area contributed by atoms with Crippen LogP contribution in [-0.4, -0.2) is 0 Å². The number of allylic oxidation sites excluding steroid dienone is 1. The fraction of sp³-hybridized carbons (Fsp3) is 0.143. The second-order valence-corrected chi connectivity index (χ2v) is 3.97. The minimum atomic E-state index is 0.991. The molecule has 0 atom stereocenters. The van der Waals surface area contributed by atoms with Crippen LogP contribution in [-0.2, 0) is 6.42 Å². The minimum Gasteiger partial charge on any atom is -0.465 e. The maximum atomic E-state index is 5.42. The molecule has 1 aromatic heterocycles. The van der Waals surface area contributed by atoms with Crippen molar-refractivity contribution in [3.05, 3.63) is 59.0 Å². The Hall–Kier alpha value is -1.76. The number of hydrogen-bond donors (Lipinski definition) is 0. The molecule has 1 heteroatoms. The van der Waals surface area contributed by atoms with E-state index < -0.39 is 0 Å². The van der Waals surface area contributed by atoms with E-state index in [0.717, 1.165) is 12.2 Å². The van der Waals surface area contributed by atoms with Crippen LogP contribution in [0.3, 0.4) is 0 Å². The van der Waals surface area contributed by atoms with Gasteiger partial charge in [0.25, 0.3) is 0 Å². The van der Waals surface area contributed by atoms with Crippen LogP contribution in [0.5, 0.6) is 0 Å². The Labute approximate surface area is 89.0 Å². The normalized spacial score (nSPS) is 13.8. The molecule has 0 radical (unpaired) electrons. The molecule has 0 amide bonds. The van der Waals surface area contributed by atoms with E-state index in [1.54, 1.807) is 6.26 Å². The molecule has 0 saturated carbocycles. The summed E-state index contributed by atoms with van der Waals surface area (Å²) in [5, 5.41) is 0. The second kappa shape index (κ2) is 3.13. The van der Waals surface area contributed by atoms with Crippen LogP contribution in [0.25, 0.3) is 11.6 Å². The molecule has 0 N–H and O–H groups in total. The zero-order valence-corrected chi connectivity index (χ0v) is 8.66. The number of furan rings is 1. The molecule has 3 rings (SSSR count). The topological polar surface area (TPSA) is 13.1 Å². The maximum Gasteiger partial charge on any atom is 0.130 e. The van der Waals surface area contributed by atoms with Crippen LogP contribution in [0.1, 0.15) is 22.5 Å². The van der Waals surface area contributed by atoms with Crippen molar-refractivity contribution >= 4 is 11.6 Å². The van der Waals surface area contributed by atoms with Crippen molar-refractivity contribution in [1.82, 2.24) is 0 Å². The summed E-state index contributed by atoms with van der Waals surface area (Å²) < 4.78 is 5.42. The van der Waals surface area contributed by atoms with Gasteiger partial charge < -0.3 is 4.42 Å². The molecule has 1 aliphatic carbocycles. The maximum absolute atomic E-state index is 5.42. The molecule has 0 spiro atoms. The van der Waals surface area contributed by atoms with Crippen molar-refractivity contribution in [2.45, 2.75) is 13.3 Å². The molecule has 15 heavy (non-hydrogen) atoms. The summed E-state index contributed by atoms with van der Waals surface area (Å²) in [5.41, 5.74) is 5.42. The van der Waals surface area contributed by atoms with Crippen LogP contribution in [0.2, 0.25) is 0 Å². The van der Waals surface area contributed by atoms with Gasteiger partial charge in [0, 0.05) is 6.42 Å². The lowest BCUT2D eigenvalue weighted by Crippen LogP contribution is -1.87. The predicted octanol–water partition coefficient (Wildman–Crippen LogP) is 3.68. The summed E-state index contributed by atoms with van der Waals surface area (Å²) in [7, 11) is 0. The third-order valence-electron chi connectivity index (χ3n) is 2.98. The number of fused-ring (bicyclic) bond motifs is 1. The average molecular weight is 196 g/mol. The van der Waals surface area contributed by atoms with Gasteiger partial charge in [-0.15, -0.1) is 0 Å². The van der Waals surface area contributed by atoms with Crippen molar-refractivity contribution in [1.29, 1.82) is 0 Å². The van der Waals surface area contributed by atoms with Crippen molar-refractivity contribution in [2.24, 2.45) is 0 Å². The Bertz CT molecular complexity index is 518. The number of rotatable bonds is 1. The Kier molecular flexibility index (Phi) is 1.78. The molecule has 1 nitrogen and oxygen atoms in total. The lowest BCUT2D eigenvalue weighted by Gasteiger charge is -2.02. The largest absolute Gasteiger partial charge is 0.465 e.